The van der Waals surface area contributed by atoms with Crippen LogP contribution in [-0.2, 0) is 42.9 Å². The van der Waals surface area contributed by atoms with Crippen LogP contribution in [0.15, 0.2) is 34.3 Å². The second-order valence-electron chi connectivity index (χ2n) is 16.0. The third-order valence-electron chi connectivity index (χ3n) is 13.6. The van der Waals surface area contributed by atoms with E-state index in [2.05, 4.69) is 0 Å². The Labute approximate surface area is 290 Å². The Bertz CT molecular complexity index is 1650. The molecule has 14 heteroatoms. The minimum atomic E-state index is -2.65. The van der Waals surface area contributed by atoms with Crippen molar-refractivity contribution in [1.29, 1.82) is 0 Å². The third-order valence-corrected chi connectivity index (χ3v) is 13.6. The molecule has 4 saturated carbocycles. The number of carbonyl (C=O) groups excluding carboxylic acids is 4. The fourth-order valence-electron chi connectivity index (χ4n) is 11.7. The smallest absolute Gasteiger partial charge is 0.338 e. The molecule has 1 aromatic heterocycles. The van der Waals surface area contributed by atoms with Gasteiger partial charge in [0.15, 0.2) is 11.7 Å². The lowest BCUT2D eigenvalue weighted by molar-refractivity contribution is -0.442. The summed E-state index contributed by atoms with van der Waals surface area (Å²) < 4.78 is 34.8. The predicted molar refractivity (Wildman–Crippen MR) is 170 cm³/mol. The van der Waals surface area contributed by atoms with Crippen molar-refractivity contribution in [3.05, 3.63) is 35.5 Å². The van der Waals surface area contributed by atoms with Crippen LogP contribution in [-0.4, -0.2) is 93.1 Å². The summed E-state index contributed by atoms with van der Waals surface area (Å²) in [5.41, 5.74) is -14.0. The molecule has 0 spiro atoms. The van der Waals surface area contributed by atoms with Gasteiger partial charge < -0.3 is 48.5 Å². The summed E-state index contributed by atoms with van der Waals surface area (Å²) in [5, 5.41) is 52.3. The number of aliphatic hydroxyl groups excluding tert-OH is 1. The minimum absolute atomic E-state index is 0.0326. The number of fused-ring (bicyclic) bond motifs is 3. The van der Waals surface area contributed by atoms with Crippen molar-refractivity contribution in [3.63, 3.8) is 0 Å². The topological polar surface area (TPSA) is 208 Å². The van der Waals surface area contributed by atoms with Crippen LogP contribution in [0.1, 0.15) is 85.8 Å². The predicted octanol–water partition coefficient (Wildman–Crippen LogP) is 2.83. The van der Waals surface area contributed by atoms with E-state index in [0.717, 1.165) is 6.92 Å². The van der Waals surface area contributed by atoms with Gasteiger partial charge in [-0.25, -0.2) is 4.79 Å². The van der Waals surface area contributed by atoms with Gasteiger partial charge in [-0.05, 0) is 31.2 Å². The number of methoxy groups -OCH3 is 2. The van der Waals surface area contributed by atoms with Crippen molar-refractivity contribution >= 4 is 23.9 Å². The zero-order chi connectivity index (χ0) is 37.2. The molecule has 0 aromatic carbocycles. The first-order valence-corrected chi connectivity index (χ1v) is 16.9. The summed E-state index contributed by atoms with van der Waals surface area (Å²) in [6.45, 7) is 10.6. The quantitative estimate of drug-likeness (QED) is 0.133. The van der Waals surface area contributed by atoms with Gasteiger partial charge in [-0.15, -0.1) is 0 Å². The highest BCUT2D eigenvalue weighted by molar-refractivity contribution is 5.92. The first kappa shape index (κ1) is 36.3. The zero-order valence-corrected chi connectivity index (χ0v) is 29.9. The highest BCUT2D eigenvalue weighted by atomic mass is 16.6. The van der Waals surface area contributed by atoms with E-state index in [9.17, 15) is 39.6 Å². The van der Waals surface area contributed by atoms with Crippen LogP contribution in [0.25, 0.3) is 0 Å². The molecule has 5 fully saturated rings. The summed E-state index contributed by atoms with van der Waals surface area (Å²) in [5.74, 6) is -6.86. The molecule has 0 amide bonds. The number of allylic oxidation sites excluding steroid dienone is 1. The van der Waals surface area contributed by atoms with Crippen molar-refractivity contribution in [2.45, 2.75) is 115 Å². The van der Waals surface area contributed by atoms with Crippen molar-refractivity contribution in [2.75, 3.05) is 14.2 Å². The van der Waals surface area contributed by atoms with Gasteiger partial charge >= 0.3 is 23.9 Å². The molecule has 4 N–H and O–H groups in total. The Morgan fingerprint density at radius 1 is 1.02 bits per heavy atom. The normalized spacial score (nSPS) is 45.7. The fraction of sp³-hybridized carbons (Fsp3) is 0.722. The Morgan fingerprint density at radius 2 is 1.68 bits per heavy atom. The average molecular weight is 705 g/mol. The third kappa shape index (κ3) is 3.88. The monoisotopic (exact) mass is 704 g/mol. The maximum atomic E-state index is 14.5. The lowest BCUT2D eigenvalue weighted by Gasteiger charge is -2.77. The van der Waals surface area contributed by atoms with Gasteiger partial charge in [-0.1, -0.05) is 34.6 Å². The Morgan fingerprint density at radius 3 is 2.20 bits per heavy atom. The van der Waals surface area contributed by atoms with E-state index in [1.807, 2.05) is 0 Å². The molecule has 1 aliphatic heterocycles. The summed E-state index contributed by atoms with van der Waals surface area (Å²) in [6, 6.07) is 1.57. The fourth-order valence-corrected chi connectivity index (χ4v) is 11.7. The van der Waals surface area contributed by atoms with E-state index in [0.29, 0.717) is 5.56 Å². The van der Waals surface area contributed by atoms with E-state index >= 15 is 0 Å². The summed E-state index contributed by atoms with van der Waals surface area (Å²) in [6.07, 6.45) is -2.62. The number of aliphatic hydroxyl groups is 4. The molecule has 1 saturated heterocycles. The van der Waals surface area contributed by atoms with Gasteiger partial charge in [0.1, 0.15) is 34.8 Å². The van der Waals surface area contributed by atoms with Gasteiger partial charge in [0.05, 0.1) is 25.2 Å². The molecule has 2 heterocycles. The van der Waals surface area contributed by atoms with Crippen molar-refractivity contribution in [1.82, 2.24) is 0 Å². The van der Waals surface area contributed by atoms with Crippen LogP contribution >= 0.6 is 0 Å². The van der Waals surface area contributed by atoms with Crippen molar-refractivity contribution in [3.8, 4) is 0 Å². The van der Waals surface area contributed by atoms with Crippen LogP contribution in [0.5, 0.6) is 0 Å². The Hall–Kier alpha value is -3.46. The van der Waals surface area contributed by atoms with Gasteiger partial charge in [0.25, 0.3) is 0 Å². The molecule has 276 valence electrons. The largest absolute Gasteiger partial charge is 0.511 e. The molecule has 2 bridgehead atoms. The molecule has 5 aliphatic rings. The molecular formula is C36H48O14. The minimum Gasteiger partial charge on any atom is -0.511 e. The number of ether oxygens (including phenoxy) is 5. The van der Waals surface area contributed by atoms with Crippen molar-refractivity contribution in [2.24, 2.45) is 34.0 Å². The molecule has 14 nitrogen and oxygen atoms in total. The molecule has 0 radical (unpaired) electrons. The van der Waals surface area contributed by atoms with E-state index in [-0.39, 0.29) is 31.3 Å². The second-order valence-corrected chi connectivity index (χ2v) is 16.0. The SMILES string of the molecule is COC(=O)CC1C2(C)CC3(O)C(OC)(C2OC(C)=O)C2OC(=O)/C(=C(\O)C(C)C)C4C(C)(C(OC(C)=O)c5ccoc5)CCC(O)(C42O)C13C. The number of hydrogen-bond acceptors (Lipinski definition) is 14. The van der Waals surface area contributed by atoms with E-state index in [1.165, 1.54) is 33.7 Å². The molecule has 6 rings (SSSR count). The number of furan rings is 1. The first-order chi connectivity index (χ1) is 23.1. The maximum Gasteiger partial charge on any atom is 0.338 e. The average Bonchev–Trinajstić information content (AvgIpc) is 3.68. The number of rotatable bonds is 8. The molecule has 1 aromatic rings. The van der Waals surface area contributed by atoms with Crippen LogP contribution in [0, 0.1) is 34.0 Å². The summed E-state index contributed by atoms with van der Waals surface area (Å²) in [7, 11) is 2.44. The highest BCUT2D eigenvalue weighted by Gasteiger charge is 2.98. The molecule has 12 unspecified atom stereocenters. The first-order valence-electron chi connectivity index (χ1n) is 16.9. The Kier molecular flexibility index (Phi) is 8.01. The molecule has 12 atom stereocenters. The lowest BCUT2D eigenvalue weighted by atomic mass is 9.33. The Balaban J connectivity index is 1.75. The maximum absolute atomic E-state index is 14.5. The van der Waals surface area contributed by atoms with E-state index < -0.39 is 104 Å². The number of carbonyl (C=O) groups is 4. The van der Waals surface area contributed by atoms with E-state index in [1.54, 1.807) is 40.7 Å². The van der Waals surface area contributed by atoms with Crippen molar-refractivity contribution < 1.29 is 67.7 Å². The van der Waals surface area contributed by atoms with Crippen LogP contribution in [0.2, 0.25) is 0 Å². The standard InChI is InChI=1S/C36H48O14/c1-17(2)24(40)23-25-30(5,26(48-18(3)37)20-10-13-47-15-20)11-12-33(42)32(7)21(14-22(39)45-8)31(6)16-34(32,43)36(46-9,28(31)49-19(4)38)29(35(25,33)44)50-27(23)41/h10,13,15,17,21,25-26,28-29,40,42-44H,11-12,14,16H2,1-9H3/b24-23-. The zero-order valence-electron chi connectivity index (χ0n) is 29.9. The lowest BCUT2D eigenvalue weighted by Crippen LogP contribution is -2.95. The second kappa shape index (κ2) is 11.0. The number of hydrogen-bond donors (Lipinski definition) is 4. The van der Waals surface area contributed by atoms with Gasteiger partial charge in [-0.3, -0.25) is 14.4 Å². The van der Waals surface area contributed by atoms with Crippen LogP contribution in [0.4, 0.5) is 0 Å². The molecule has 50 heavy (non-hydrogen) atoms. The van der Waals surface area contributed by atoms with Crippen LogP contribution < -0.4 is 0 Å². The molecule has 4 aliphatic carbocycles. The summed E-state index contributed by atoms with van der Waals surface area (Å²) >= 11 is 0. The van der Waals surface area contributed by atoms with Crippen LogP contribution in [0.3, 0.4) is 0 Å². The highest BCUT2D eigenvalue weighted by Crippen LogP contribution is 2.84. The van der Waals surface area contributed by atoms with Gasteiger partial charge in [0.2, 0.25) is 0 Å². The summed E-state index contributed by atoms with van der Waals surface area (Å²) in [4.78, 5) is 53.2. The van der Waals surface area contributed by atoms with Gasteiger partial charge in [-0.2, -0.15) is 0 Å². The van der Waals surface area contributed by atoms with E-state index in [4.69, 9.17) is 28.1 Å². The molecular weight excluding hydrogens is 656 g/mol. The number of esters is 4. The van der Waals surface area contributed by atoms with Gasteiger partial charge in [0, 0.05) is 61.0 Å².